The van der Waals surface area contributed by atoms with E-state index in [1.54, 1.807) is 0 Å². The Morgan fingerprint density at radius 3 is 1.41 bits per heavy atom. The molecule has 0 aliphatic carbocycles. The molecule has 44 heavy (non-hydrogen) atoms. The Morgan fingerprint density at radius 2 is 0.977 bits per heavy atom. The predicted molar refractivity (Wildman–Crippen MR) is 192 cm³/mol. The molecule has 2 aromatic carbocycles. The molecule has 0 radical (unpaired) electrons. The van der Waals surface area contributed by atoms with Crippen LogP contribution in [0, 0.1) is 0 Å². The van der Waals surface area contributed by atoms with Gasteiger partial charge in [-0.3, -0.25) is 0 Å². The van der Waals surface area contributed by atoms with Crippen molar-refractivity contribution in [2.75, 3.05) is 48.5 Å². The van der Waals surface area contributed by atoms with Crippen LogP contribution in [0.2, 0.25) is 0 Å². The van der Waals surface area contributed by atoms with Gasteiger partial charge in [-0.15, -0.1) is 0 Å². The first-order valence-electron chi connectivity index (χ1n) is 15.9. The Labute approximate surface area is 271 Å². The van der Waals surface area contributed by atoms with Crippen molar-refractivity contribution in [3.05, 3.63) is 119 Å². The SMILES string of the molecule is CN1CCCc2cc(/C=C/c3cc[n+](CCSSCC[n+]4ccc(/C=C/c5ccc6c(c5)CCCN6C)cc4)cc3)ccc21. The lowest BCUT2D eigenvalue weighted by atomic mass is 9.99. The zero-order valence-corrected chi connectivity index (χ0v) is 27.7. The maximum Gasteiger partial charge on any atom is 0.169 e. The Morgan fingerprint density at radius 1 is 0.568 bits per heavy atom. The number of pyridine rings is 2. The van der Waals surface area contributed by atoms with Crippen LogP contribution in [0.25, 0.3) is 24.3 Å². The van der Waals surface area contributed by atoms with Gasteiger partial charge in [-0.05, 0) is 83.3 Å². The molecule has 4 heterocycles. The van der Waals surface area contributed by atoms with E-state index in [2.05, 4.69) is 143 Å². The summed E-state index contributed by atoms with van der Waals surface area (Å²) < 4.78 is 4.56. The lowest BCUT2D eigenvalue weighted by Crippen LogP contribution is -2.34. The zero-order chi connectivity index (χ0) is 30.1. The number of benzene rings is 2. The van der Waals surface area contributed by atoms with Crippen molar-refractivity contribution in [3.8, 4) is 0 Å². The average Bonchev–Trinajstić information content (AvgIpc) is 3.05. The Balaban J connectivity index is 0.887. The van der Waals surface area contributed by atoms with E-state index in [9.17, 15) is 0 Å². The third-order valence-corrected chi connectivity index (χ3v) is 11.0. The minimum absolute atomic E-state index is 1.02. The molecule has 4 aromatic rings. The van der Waals surface area contributed by atoms with Gasteiger partial charge in [0, 0.05) is 62.8 Å². The van der Waals surface area contributed by atoms with Gasteiger partial charge in [0.05, 0.1) is 11.5 Å². The fourth-order valence-electron chi connectivity index (χ4n) is 6.06. The molecule has 2 aromatic heterocycles. The molecule has 0 atom stereocenters. The number of aryl methyl sites for hydroxylation is 4. The average molecular weight is 621 g/mol. The first-order chi connectivity index (χ1) is 21.6. The highest BCUT2D eigenvalue weighted by atomic mass is 33.1. The molecule has 0 N–H and O–H groups in total. The van der Waals surface area contributed by atoms with Gasteiger partial charge in [-0.1, -0.05) is 58.0 Å². The second-order valence-electron chi connectivity index (χ2n) is 11.9. The normalized spacial score (nSPS) is 14.8. The van der Waals surface area contributed by atoms with Crippen LogP contribution in [0.1, 0.15) is 46.2 Å². The summed E-state index contributed by atoms with van der Waals surface area (Å²) in [5.74, 6) is 2.20. The number of hydrogen-bond donors (Lipinski definition) is 0. The third kappa shape index (κ3) is 8.16. The molecule has 6 heteroatoms. The van der Waals surface area contributed by atoms with E-state index in [1.807, 2.05) is 21.6 Å². The number of hydrogen-bond acceptors (Lipinski definition) is 4. The molecular formula is C38H44N4S2+2. The Kier molecular flexibility index (Phi) is 10.4. The van der Waals surface area contributed by atoms with Gasteiger partial charge in [-0.25, -0.2) is 9.13 Å². The molecule has 0 unspecified atom stereocenters. The van der Waals surface area contributed by atoms with Crippen molar-refractivity contribution in [1.82, 2.24) is 0 Å². The topological polar surface area (TPSA) is 14.2 Å². The van der Waals surface area contributed by atoms with Crippen LogP contribution < -0.4 is 18.9 Å². The molecule has 226 valence electrons. The maximum absolute atomic E-state index is 2.37. The van der Waals surface area contributed by atoms with E-state index in [-0.39, 0.29) is 0 Å². The molecular weight excluding hydrogens is 577 g/mol. The van der Waals surface area contributed by atoms with E-state index in [0.29, 0.717) is 0 Å². The molecule has 0 saturated heterocycles. The van der Waals surface area contributed by atoms with Crippen molar-refractivity contribution >= 4 is 57.3 Å². The maximum atomic E-state index is 2.37. The van der Waals surface area contributed by atoms with Crippen LogP contribution in [0.4, 0.5) is 11.4 Å². The minimum Gasteiger partial charge on any atom is -0.374 e. The monoisotopic (exact) mass is 620 g/mol. The zero-order valence-electron chi connectivity index (χ0n) is 26.1. The predicted octanol–water partition coefficient (Wildman–Crippen LogP) is 7.45. The highest BCUT2D eigenvalue weighted by Crippen LogP contribution is 2.28. The molecule has 0 fully saturated rings. The summed E-state index contributed by atoms with van der Waals surface area (Å²) in [6.07, 6.45) is 22.5. The van der Waals surface area contributed by atoms with E-state index >= 15 is 0 Å². The minimum atomic E-state index is 1.02. The highest BCUT2D eigenvalue weighted by Gasteiger charge is 2.14. The van der Waals surface area contributed by atoms with Crippen molar-refractivity contribution in [2.45, 2.75) is 38.8 Å². The fourth-order valence-corrected chi connectivity index (χ4v) is 8.02. The summed E-state index contributed by atoms with van der Waals surface area (Å²) in [7, 11) is 8.30. The standard InChI is InChI=1S/C38H44N4S2/c1-39-19-3-5-35-29-33(11-13-37(35)39)9-7-31-15-21-41(22-16-31)25-27-43-44-28-26-42-23-17-32(18-24-42)8-10-34-12-14-38-36(30-34)6-4-20-40(38)2/h7-18,21-24,29-30H,3-6,19-20,25-28H2,1-2H3/q+2. The van der Waals surface area contributed by atoms with Gasteiger partial charge < -0.3 is 9.80 Å². The molecule has 0 amide bonds. The van der Waals surface area contributed by atoms with Crippen LogP contribution in [0.15, 0.2) is 85.5 Å². The highest BCUT2D eigenvalue weighted by molar-refractivity contribution is 8.76. The van der Waals surface area contributed by atoms with E-state index in [1.165, 1.54) is 70.4 Å². The molecule has 4 nitrogen and oxygen atoms in total. The third-order valence-electron chi connectivity index (χ3n) is 8.63. The van der Waals surface area contributed by atoms with Crippen LogP contribution in [0.5, 0.6) is 0 Å². The summed E-state index contributed by atoms with van der Waals surface area (Å²) in [5.41, 5.74) is 10.8. The van der Waals surface area contributed by atoms with Gasteiger partial charge >= 0.3 is 0 Å². The summed E-state index contributed by atoms with van der Waals surface area (Å²) in [5, 5.41) is 0. The number of anilines is 2. The Bertz CT molecular complexity index is 1470. The quantitative estimate of drug-likeness (QED) is 0.0982. The Hall–Kier alpha value is -3.48. The number of nitrogens with zero attached hydrogens (tertiary/aromatic N) is 4. The fraction of sp³-hybridized carbons (Fsp3) is 0.316. The van der Waals surface area contributed by atoms with Crippen LogP contribution in [0.3, 0.4) is 0 Å². The first-order valence-corrected chi connectivity index (χ1v) is 18.4. The number of aromatic nitrogens is 2. The van der Waals surface area contributed by atoms with Gasteiger partial charge in [0.25, 0.3) is 0 Å². The van der Waals surface area contributed by atoms with Gasteiger partial charge in [-0.2, -0.15) is 0 Å². The van der Waals surface area contributed by atoms with Crippen molar-refractivity contribution < 1.29 is 9.13 Å². The van der Waals surface area contributed by atoms with Crippen LogP contribution >= 0.6 is 21.6 Å². The smallest absolute Gasteiger partial charge is 0.169 e. The van der Waals surface area contributed by atoms with Gasteiger partial charge in [0.2, 0.25) is 0 Å². The molecule has 2 aliphatic heterocycles. The molecule has 0 spiro atoms. The van der Waals surface area contributed by atoms with Gasteiger partial charge in [0.15, 0.2) is 37.9 Å². The number of fused-ring (bicyclic) bond motifs is 2. The van der Waals surface area contributed by atoms with Gasteiger partial charge in [0.1, 0.15) is 0 Å². The lowest BCUT2D eigenvalue weighted by Gasteiger charge is -2.27. The number of rotatable bonds is 11. The van der Waals surface area contributed by atoms with Crippen molar-refractivity contribution in [1.29, 1.82) is 0 Å². The molecule has 0 bridgehead atoms. The largest absolute Gasteiger partial charge is 0.374 e. The first kappa shape index (κ1) is 30.5. The van der Waals surface area contributed by atoms with Crippen molar-refractivity contribution in [2.24, 2.45) is 0 Å². The summed E-state index contributed by atoms with van der Waals surface area (Å²) in [4.78, 5) is 4.73. The lowest BCUT2D eigenvalue weighted by molar-refractivity contribution is -0.692. The van der Waals surface area contributed by atoms with Crippen LogP contribution in [-0.2, 0) is 25.9 Å². The van der Waals surface area contributed by atoms with Crippen molar-refractivity contribution in [3.63, 3.8) is 0 Å². The van der Waals surface area contributed by atoms with Crippen LogP contribution in [-0.4, -0.2) is 38.7 Å². The second kappa shape index (κ2) is 15.0. The van der Waals surface area contributed by atoms with E-state index in [4.69, 9.17) is 0 Å². The summed E-state index contributed by atoms with van der Waals surface area (Å²) in [6, 6.07) is 22.5. The molecule has 6 rings (SSSR count). The van der Waals surface area contributed by atoms with E-state index < -0.39 is 0 Å². The second-order valence-corrected chi connectivity index (χ2v) is 14.6. The molecule has 0 saturated carbocycles. The summed E-state index contributed by atoms with van der Waals surface area (Å²) in [6.45, 7) is 4.36. The molecule has 2 aliphatic rings. The van der Waals surface area contributed by atoms with E-state index in [0.717, 1.165) is 37.7 Å². The summed E-state index contributed by atoms with van der Waals surface area (Å²) >= 11 is 0.